The van der Waals surface area contributed by atoms with Gasteiger partial charge in [0.15, 0.2) is 0 Å². The van der Waals surface area contributed by atoms with Crippen molar-refractivity contribution < 1.29 is 23.9 Å². The lowest BCUT2D eigenvalue weighted by Crippen LogP contribution is -2.38. The number of non-ortho nitro benzene ring substituents is 1. The molecule has 9 nitrogen and oxygen atoms in total. The second-order valence-electron chi connectivity index (χ2n) is 7.31. The Labute approximate surface area is 187 Å². The Morgan fingerprint density at radius 3 is 2.62 bits per heavy atom. The Morgan fingerprint density at radius 2 is 1.88 bits per heavy atom. The zero-order valence-corrected chi connectivity index (χ0v) is 18.2. The Kier molecular flexibility index (Phi) is 8.97. The summed E-state index contributed by atoms with van der Waals surface area (Å²) in [5.74, 6) is -0.353. The van der Waals surface area contributed by atoms with Gasteiger partial charge in [-0.05, 0) is 24.1 Å². The molecule has 1 N–H and O–H groups in total. The number of rotatable bonds is 11. The van der Waals surface area contributed by atoms with E-state index in [1.54, 1.807) is 6.07 Å². The van der Waals surface area contributed by atoms with Crippen LogP contribution in [0.25, 0.3) is 0 Å². The number of morpholine rings is 1. The highest BCUT2D eigenvalue weighted by atomic mass is 16.6. The maximum absolute atomic E-state index is 13.0. The lowest BCUT2D eigenvalue weighted by Gasteiger charge is -2.30. The predicted octanol–water partition coefficient (Wildman–Crippen LogP) is 2.91. The first-order valence-corrected chi connectivity index (χ1v) is 10.7. The number of carbonyl (C=O) groups excluding carboxylic acids is 1. The molecule has 1 amide bonds. The molecule has 9 heteroatoms. The summed E-state index contributed by atoms with van der Waals surface area (Å²) in [7, 11) is 0. The van der Waals surface area contributed by atoms with Crippen LogP contribution in [0.2, 0.25) is 0 Å². The fourth-order valence-electron chi connectivity index (χ4n) is 3.46. The third-order valence-electron chi connectivity index (χ3n) is 5.08. The van der Waals surface area contributed by atoms with Gasteiger partial charge in [-0.1, -0.05) is 24.3 Å². The third-order valence-corrected chi connectivity index (χ3v) is 5.08. The fourth-order valence-corrected chi connectivity index (χ4v) is 3.46. The highest BCUT2D eigenvalue weighted by molar-refractivity contribution is 6.00. The number of nitro benzene ring substituents is 1. The van der Waals surface area contributed by atoms with E-state index < -0.39 is 4.92 Å². The van der Waals surface area contributed by atoms with Crippen molar-refractivity contribution in [3.8, 4) is 0 Å². The van der Waals surface area contributed by atoms with E-state index in [2.05, 4.69) is 5.32 Å². The van der Waals surface area contributed by atoms with Crippen molar-refractivity contribution in [2.75, 3.05) is 51.0 Å². The number of anilines is 1. The Balaban J connectivity index is 1.65. The number of nitrogens with one attached hydrogen (secondary N) is 1. The minimum Gasteiger partial charge on any atom is -0.379 e. The summed E-state index contributed by atoms with van der Waals surface area (Å²) >= 11 is 0. The Morgan fingerprint density at radius 1 is 1.12 bits per heavy atom. The molecule has 1 heterocycles. The van der Waals surface area contributed by atoms with E-state index >= 15 is 0 Å². The normalized spacial score (nSPS) is 13.7. The molecule has 3 rings (SSSR count). The number of hydrogen-bond acceptors (Lipinski definition) is 7. The Bertz CT molecular complexity index is 914. The molecule has 32 heavy (non-hydrogen) atoms. The highest BCUT2D eigenvalue weighted by Gasteiger charge is 2.22. The third kappa shape index (κ3) is 6.74. The first kappa shape index (κ1) is 23.6. The van der Waals surface area contributed by atoms with Gasteiger partial charge < -0.3 is 24.4 Å². The lowest BCUT2D eigenvalue weighted by atomic mass is 10.1. The van der Waals surface area contributed by atoms with Crippen LogP contribution in [0.3, 0.4) is 0 Å². The first-order chi connectivity index (χ1) is 15.6. The molecule has 172 valence electrons. The Hall–Kier alpha value is -3.01. The number of hydrogen-bond donors (Lipinski definition) is 1. The van der Waals surface area contributed by atoms with E-state index in [0.29, 0.717) is 65.0 Å². The second-order valence-corrected chi connectivity index (χ2v) is 7.31. The smallest absolute Gasteiger partial charge is 0.270 e. The van der Waals surface area contributed by atoms with Gasteiger partial charge in [-0.2, -0.15) is 0 Å². The number of amides is 1. The fraction of sp³-hybridized carbons (Fsp3) is 0.435. The molecule has 0 bridgehead atoms. The van der Waals surface area contributed by atoms with Gasteiger partial charge in [-0.3, -0.25) is 14.9 Å². The first-order valence-electron chi connectivity index (χ1n) is 10.7. The quantitative estimate of drug-likeness (QED) is 0.324. The van der Waals surface area contributed by atoms with Gasteiger partial charge in [-0.25, -0.2) is 0 Å². The summed E-state index contributed by atoms with van der Waals surface area (Å²) in [5.41, 5.74) is 2.77. The zero-order valence-electron chi connectivity index (χ0n) is 18.2. The molecule has 2 aromatic carbocycles. The van der Waals surface area contributed by atoms with Crippen LogP contribution in [0.15, 0.2) is 42.5 Å². The largest absolute Gasteiger partial charge is 0.379 e. The number of nitrogens with zero attached hydrogens (tertiary/aromatic N) is 2. The van der Waals surface area contributed by atoms with Crippen LogP contribution in [-0.2, 0) is 27.4 Å². The molecule has 0 atom stereocenters. The molecule has 0 saturated carbocycles. The van der Waals surface area contributed by atoms with Crippen molar-refractivity contribution in [2.24, 2.45) is 0 Å². The zero-order chi connectivity index (χ0) is 22.8. The van der Waals surface area contributed by atoms with E-state index in [0.717, 1.165) is 11.1 Å². The van der Waals surface area contributed by atoms with Crippen LogP contribution < -0.4 is 10.2 Å². The van der Waals surface area contributed by atoms with Gasteiger partial charge >= 0.3 is 0 Å². The molecule has 1 aliphatic rings. The average molecular weight is 444 g/mol. The van der Waals surface area contributed by atoms with E-state index in [9.17, 15) is 14.9 Å². The highest BCUT2D eigenvalue weighted by Crippen LogP contribution is 2.26. The molecule has 2 aromatic rings. The molecule has 0 radical (unpaired) electrons. The summed E-state index contributed by atoms with van der Waals surface area (Å²) in [5, 5.41) is 14.1. The van der Waals surface area contributed by atoms with Gasteiger partial charge in [0.25, 0.3) is 11.6 Å². The predicted molar refractivity (Wildman–Crippen MR) is 120 cm³/mol. The summed E-state index contributed by atoms with van der Waals surface area (Å²) in [6, 6.07) is 12.2. The minimum atomic E-state index is -0.491. The lowest BCUT2D eigenvalue weighted by molar-refractivity contribution is -0.384. The van der Waals surface area contributed by atoms with Crippen LogP contribution >= 0.6 is 0 Å². The van der Waals surface area contributed by atoms with Crippen LogP contribution in [0.5, 0.6) is 0 Å². The van der Waals surface area contributed by atoms with Crippen LogP contribution in [-0.4, -0.2) is 57.0 Å². The van der Waals surface area contributed by atoms with Gasteiger partial charge in [0.2, 0.25) is 0 Å². The molecule has 1 saturated heterocycles. The minimum absolute atomic E-state index is 0.113. The monoisotopic (exact) mass is 443 g/mol. The van der Waals surface area contributed by atoms with Gasteiger partial charge in [-0.15, -0.1) is 0 Å². The van der Waals surface area contributed by atoms with Crippen molar-refractivity contribution in [1.29, 1.82) is 0 Å². The van der Waals surface area contributed by atoms with Crippen LogP contribution in [0.4, 0.5) is 11.4 Å². The second kappa shape index (κ2) is 12.1. The molecule has 0 aliphatic carbocycles. The molecular weight excluding hydrogens is 414 g/mol. The summed E-state index contributed by atoms with van der Waals surface area (Å²) in [6.45, 7) is 6.80. The average Bonchev–Trinajstić information content (AvgIpc) is 2.83. The van der Waals surface area contributed by atoms with Crippen LogP contribution in [0.1, 0.15) is 28.4 Å². The number of carbonyl (C=O) groups is 1. The van der Waals surface area contributed by atoms with Crippen molar-refractivity contribution >= 4 is 17.3 Å². The van der Waals surface area contributed by atoms with Crippen molar-refractivity contribution in [3.05, 3.63) is 69.3 Å². The van der Waals surface area contributed by atoms with Crippen molar-refractivity contribution in [2.45, 2.75) is 20.1 Å². The molecule has 1 aliphatic heterocycles. The molecule has 0 unspecified atom stereocenters. The topological polar surface area (TPSA) is 103 Å². The van der Waals surface area contributed by atoms with E-state index in [1.807, 2.05) is 36.1 Å². The van der Waals surface area contributed by atoms with Crippen LogP contribution in [0, 0.1) is 10.1 Å². The van der Waals surface area contributed by atoms with Gasteiger partial charge in [0, 0.05) is 38.4 Å². The number of ether oxygens (including phenoxy) is 3. The molecule has 0 spiro atoms. The maximum Gasteiger partial charge on any atom is 0.270 e. The van der Waals surface area contributed by atoms with Gasteiger partial charge in [0.05, 0.1) is 49.2 Å². The number of nitro groups is 1. The summed E-state index contributed by atoms with van der Waals surface area (Å²) in [4.78, 5) is 25.8. The standard InChI is InChI=1S/C23H29N3O6/c1-2-30-12-13-32-17-19-5-3-4-18(14-19)16-24-23(27)21-15-20(26(28)29)6-7-22(21)25-8-10-31-11-9-25/h3-7,14-15H,2,8-13,16-17H2,1H3,(H,24,27). The molecule has 0 aromatic heterocycles. The van der Waals surface area contributed by atoms with Gasteiger partial charge in [0.1, 0.15) is 0 Å². The summed E-state index contributed by atoms with van der Waals surface area (Å²) in [6.07, 6.45) is 0. The van der Waals surface area contributed by atoms with E-state index in [4.69, 9.17) is 14.2 Å². The summed E-state index contributed by atoms with van der Waals surface area (Å²) < 4.78 is 16.2. The molecular formula is C23H29N3O6. The van der Waals surface area contributed by atoms with E-state index in [-0.39, 0.29) is 17.2 Å². The SMILES string of the molecule is CCOCCOCc1cccc(CNC(=O)c2cc([N+](=O)[O-])ccc2N2CCOCC2)c1. The van der Waals surface area contributed by atoms with Crippen molar-refractivity contribution in [1.82, 2.24) is 5.32 Å². The maximum atomic E-state index is 13.0. The number of benzene rings is 2. The van der Waals surface area contributed by atoms with Crippen molar-refractivity contribution in [3.63, 3.8) is 0 Å². The molecule has 1 fully saturated rings. The van der Waals surface area contributed by atoms with E-state index in [1.165, 1.54) is 12.1 Å².